The van der Waals surface area contributed by atoms with Crippen LogP contribution in [0.15, 0.2) is 62.8 Å². The number of nitrogens with one attached hydrogen (secondary N) is 2. The summed E-state index contributed by atoms with van der Waals surface area (Å²) in [4.78, 5) is 25.2. The van der Waals surface area contributed by atoms with Gasteiger partial charge in [-0.1, -0.05) is 18.2 Å². The number of carbonyl (C=O) groups excluding carboxylic acids is 1. The maximum Gasteiger partial charge on any atom is 0.258 e. The Morgan fingerprint density at radius 1 is 1.14 bits per heavy atom. The Balaban J connectivity index is 2.04. The summed E-state index contributed by atoms with van der Waals surface area (Å²) in [6.07, 6.45) is 1.43. The monoisotopic (exact) mass is 385 g/mol. The number of halogens is 1. The molecule has 1 aromatic carbocycles. The molecule has 2 aromatic rings. The Hall–Kier alpha value is -1.97. The smallest absolute Gasteiger partial charge is 0.258 e. The molecule has 0 atom stereocenters. The van der Waals surface area contributed by atoms with Crippen molar-refractivity contribution < 1.29 is 13.2 Å². The highest BCUT2D eigenvalue weighted by molar-refractivity contribution is 9.10. The number of hydrazine groups is 1. The van der Waals surface area contributed by atoms with Crippen molar-refractivity contribution >= 4 is 31.9 Å². The molecule has 0 aliphatic carbocycles. The minimum Gasteiger partial charge on any atom is -0.306 e. The summed E-state index contributed by atoms with van der Waals surface area (Å²) in [5.41, 5.74) is 1.71. The molecule has 0 radical (unpaired) electrons. The highest BCUT2D eigenvalue weighted by Gasteiger charge is 2.17. The summed E-state index contributed by atoms with van der Waals surface area (Å²) in [6.45, 7) is -0.293. The average Bonchev–Trinajstić information content (AvgIpc) is 2.48. The highest BCUT2D eigenvalue weighted by atomic mass is 79.9. The van der Waals surface area contributed by atoms with Gasteiger partial charge in [-0.05, 0) is 34.1 Å². The molecule has 0 spiro atoms. The Morgan fingerprint density at radius 3 is 2.50 bits per heavy atom. The Kier molecular flexibility index (Phi) is 5.11. The van der Waals surface area contributed by atoms with Crippen molar-refractivity contribution in [3.8, 4) is 0 Å². The lowest BCUT2D eigenvalue weighted by Gasteiger charge is -2.10. The van der Waals surface area contributed by atoms with Crippen LogP contribution in [-0.2, 0) is 21.4 Å². The maximum absolute atomic E-state index is 12.1. The van der Waals surface area contributed by atoms with Crippen LogP contribution in [0, 0.1) is 0 Å². The van der Waals surface area contributed by atoms with Gasteiger partial charge in [-0.15, -0.1) is 4.83 Å². The normalized spacial score (nSPS) is 11.1. The van der Waals surface area contributed by atoms with Gasteiger partial charge in [-0.3, -0.25) is 15.0 Å². The zero-order valence-corrected chi connectivity index (χ0v) is 13.6. The number of sulfonamides is 1. The van der Waals surface area contributed by atoms with Crippen LogP contribution in [0.1, 0.15) is 0 Å². The Labute approximate surface area is 135 Å². The van der Waals surface area contributed by atoms with Gasteiger partial charge in [-0.2, -0.15) is 0 Å². The molecule has 0 aliphatic heterocycles. The molecule has 0 fully saturated rings. The molecule has 0 unspecified atom stereocenters. The van der Waals surface area contributed by atoms with Crippen LogP contribution in [0.25, 0.3) is 0 Å². The van der Waals surface area contributed by atoms with Crippen LogP contribution in [0.4, 0.5) is 0 Å². The molecule has 0 aliphatic rings. The van der Waals surface area contributed by atoms with Crippen molar-refractivity contribution in [2.75, 3.05) is 0 Å². The van der Waals surface area contributed by atoms with E-state index in [1.165, 1.54) is 18.3 Å². The molecular weight excluding hydrogens is 374 g/mol. The van der Waals surface area contributed by atoms with E-state index in [1.54, 1.807) is 30.3 Å². The molecule has 9 heteroatoms. The summed E-state index contributed by atoms with van der Waals surface area (Å²) >= 11 is 3.13. The van der Waals surface area contributed by atoms with Gasteiger partial charge >= 0.3 is 0 Å². The third-order valence-electron chi connectivity index (χ3n) is 2.66. The summed E-state index contributed by atoms with van der Waals surface area (Å²) < 4.78 is 25.6. The van der Waals surface area contributed by atoms with Crippen molar-refractivity contribution in [1.82, 2.24) is 14.8 Å². The van der Waals surface area contributed by atoms with E-state index in [2.05, 4.69) is 21.4 Å². The number of nitrogens with zero attached hydrogens (tertiary/aromatic N) is 1. The van der Waals surface area contributed by atoms with Gasteiger partial charge in [0.1, 0.15) is 6.54 Å². The Morgan fingerprint density at radius 2 is 1.82 bits per heavy atom. The van der Waals surface area contributed by atoms with E-state index < -0.39 is 15.9 Å². The molecule has 116 valence electrons. The molecule has 1 heterocycles. The quantitative estimate of drug-likeness (QED) is 0.737. The number of hydrogen-bond acceptors (Lipinski definition) is 4. The molecule has 0 saturated heterocycles. The van der Waals surface area contributed by atoms with E-state index in [0.717, 1.165) is 4.57 Å². The van der Waals surface area contributed by atoms with Gasteiger partial charge in [0.2, 0.25) is 0 Å². The van der Waals surface area contributed by atoms with Crippen LogP contribution in [0.5, 0.6) is 0 Å². The number of benzene rings is 1. The van der Waals surface area contributed by atoms with Crippen LogP contribution >= 0.6 is 15.9 Å². The first-order valence-electron chi connectivity index (χ1n) is 6.11. The van der Waals surface area contributed by atoms with Gasteiger partial charge < -0.3 is 4.57 Å². The van der Waals surface area contributed by atoms with Gasteiger partial charge in [0.15, 0.2) is 0 Å². The zero-order chi connectivity index (χ0) is 16.2. The molecule has 1 aromatic heterocycles. The highest BCUT2D eigenvalue weighted by Crippen LogP contribution is 2.20. The van der Waals surface area contributed by atoms with Crippen LogP contribution < -0.4 is 15.8 Å². The fourth-order valence-corrected chi connectivity index (χ4v) is 3.49. The van der Waals surface area contributed by atoms with Crippen molar-refractivity contribution in [2.24, 2.45) is 0 Å². The van der Waals surface area contributed by atoms with E-state index >= 15 is 0 Å². The predicted molar refractivity (Wildman–Crippen MR) is 83.3 cm³/mol. The lowest BCUT2D eigenvalue weighted by molar-refractivity contribution is -0.122. The standard InChI is InChI=1S/C13H12BrN3O4S/c14-10-5-1-2-6-11(10)22(20,21)16-15-12(18)9-17-8-4-3-7-13(17)19/h1-8,16H,9H2,(H,15,18). The molecule has 0 saturated carbocycles. The third kappa shape index (κ3) is 4.03. The van der Waals surface area contributed by atoms with Crippen molar-refractivity contribution in [3.63, 3.8) is 0 Å². The van der Waals surface area contributed by atoms with E-state index in [0.29, 0.717) is 4.47 Å². The zero-order valence-electron chi connectivity index (χ0n) is 11.2. The van der Waals surface area contributed by atoms with Gasteiger partial charge in [0.25, 0.3) is 21.5 Å². The van der Waals surface area contributed by atoms with E-state index in [1.807, 2.05) is 4.83 Å². The SMILES string of the molecule is O=C(Cn1ccccc1=O)NNS(=O)(=O)c1ccccc1Br. The number of rotatable bonds is 5. The molecule has 2 N–H and O–H groups in total. The first-order chi connectivity index (χ1) is 10.4. The van der Waals surface area contributed by atoms with Crippen molar-refractivity contribution in [2.45, 2.75) is 11.4 Å². The molecule has 7 nitrogen and oxygen atoms in total. The number of aromatic nitrogens is 1. The lowest BCUT2D eigenvalue weighted by Crippen LogP contribution is -2.44. The minimum absolute atomic E-state index is 0.00724. The average molecular weight is 386 g/mol. The number of hydrogen-bond donors (Lipinski definition) is 2. The van der Waals surface area contributed by atoms with E-state index in [9.17, 15) is 18.0 Å². The summed E-state index contributed by atoms with van der Waals surface area (Å²) in [5.74, 6) is -0.663. The Bertz CT molecular complexity index is 848. The molecule has 1 amide bonds. The predicted octanol–water partition coefficient (Wildman–Crippen LogP) is 0.621. The first-order valence-corrected chi connectivity index (χ1v) is 8.38. The fourth-order valence-electron chi connectivity index (χ4n) is 1.63. The maximum atomic E-state index is 12.1. The van der Waals surface area contributed by atoms with Crippen molar-refractivity contribution in [1.29, 1.82) is 0 Å². The van der Waals surface area contributed by atoms with Crippen LogP contribution in [-0.4, -0.2) is 18.9 Å². The largest absolute Gasteiger partial charge is 0.306 e. The molecule has 22 heavy (non-hydrogen) atoms. The summed E-state index contributed by atoms with van der Waals surface area (Å²) in [5, 5.41) is 0. The van der Waals surface area contributed by atoms with E-state index in [4.69, 9.17) is 0 Å². The summed E-state index contributed by atoms with van der Waals surface area (Å²) in [6, 6.07) is 10.6. The molecular formula is C13H12BrN3O4S. The van der Waals surface area contributed by atoms with Gasteiger partial charge in [-0.25, -0.2) is 8.42 Å². The second-order valence-corrected chi connectivity index (χ2v) is 6.76. The fraction of sp³-hybridized carbons (Fsp3) is 0.0769. The van der Waals surface area contributed by atoms with Crippen LogP contribution in [0.2, 0.25) is 0 Å². The number of amides is 1. The van der Waals surface area contributed by atoms with Gasteiger partial charge in [0, 0.05) is 16.7 Å². The lowest BCUT2D eigenvalue weighted by atomic mass is 10.4. The van der Waals surface area contributed by atoms with E-state index in [-0.39, 0.29) is 17.0 Å². The summed E-state index contributed by atoms with van der Waals surface area (Å²) in [7, 11) is -3.90. The second-order valence-electron chi connectivity index (χ2n) is 4.25. The second kappa shape index (κ2) is 6.86. The number of carbonyl (C=O) groups is 1. The first kappa shape index (κ1) is 16.4. The van der Waals surface area contributed by atoms with Crippen molar-refractivity contribution in [3.05, 3.63) is 63.5 Å². The topological polar surface area (TPSA) is 97.3 Å². The third-order valence-corrected chi connectivity index (χ3v) is 4.92. The van der Waals surface area contributed by atoms with Gasteiger partial charge in [0.05, 0.1) is 4.90 Å². The number of pyridine rings is 1. The molecule has 2 rings (SSSR count). The van der Waals surface area contributed by atoms with Crippen LogP contribution in [0.3, 0.4) is 0 Å². The molecule has 0 bridgehead atoms. The minimum atomic E-state index is -3.90.